The van der Waals surface area contributed by atoms with Crippen LogP contribution in [0.4, 0.5) is 0 Å². The lowest BCUT2D eigenvalue weighted by Crippen LogP contribution is -2.57. The van der Waals surface area contributed by atoms with E-state index in [0.717, 1.165) is 19.0 Å². The molecule has 0 bridgehead atoms. The average Bonchev–Trinajstić information content (AvgIpc) is 2.04. The van der Waals surface area contributed by atoms with Crippen molar-refractivity contribution in [2.24, 2.45) is 5.92 Å². The van der Waals surface area contributed by atoms with Crippen LogP contribution in [0.15, 0.2) is 0 Å². The Morgan fingerprint density at radius 3 is 2.13 bits per heavy atom. The lowest BCUT2D eigenvalue weighted by Gasteiger charge is -2.46. The highest BCUT2D eigenvalue weighted by Crippen LogP contribution is 2.25. The zero-order valence-corrected chi connectivity index (χ0v) is 10.2. The number of aliphatic hydroxyl groups is 1. The highest BCUT2D eigenvalue weighted by Gasteiger charge is 2.34. The summed E-state index contributed by atoms with van der Waals surface area (Å²) < 4.78 is 0. The molecule has 0 aromatic carbocycles. The predicted octanol–water partition coefficient (Wildman–Crippen LogP) is 0.782. The lowest BCUT2D eigenvalue weighted by molar-refractivity contribution is -0.0365. The largest absolute Gasteiger partial charge is 0.390 e. The van der Waals surface area contributed by atoms with E-state index in [1.807, 2.05) is 0 Å². The van der Waals surface area contributed by atoms with Crippen LogP contribution in [0.2, 0.25) is 0 Å². The van der Waals surface area contributed by atoms with Gasteiger partial charge in [0.15, 0.2) is 0 Å². The Morgan fingerprint density at radius 1 is 1.07 bits per heavy atom. The molecular weight excluding hydrogens is 188 g/mol. The minimum atomic E-state index is -0.0546. The van der Waals surface area contributed by atoms with E-state index in [2.05, 4.69) is 30.6 Å². The molecule has 2 aliphatic rings. The van der Waals surface area contributed by atoms with E-state index in [-0.39, 0.29) is 6.10 Å². The first-order valence-corrected chi connectivity index (χ1v) is 6.22. The van der Waals surface area contributed by atoms with Crippen molar-refractivity contribution in [2.45, 2.75) is 45.4 Å². The summed E-state index contributed by atoms with van der Waals surface area (Å²) in [6.07, 6.45) is 1.25. The first kappa shape index (κ1) is 11.4. The van der Waals surface area contributed by atoms with Crippen LogP contribution in [0.1, 0.15) is 27.2 Å². The molecule has 88 valence electrons. The summed E-state index contributed by atoms with van der Waals surface area (Å²) in [4.78, 5) is 4.92. The molecule has 0 radical (unpaired) electrons. The lowest BCUT2D eigenvalue weighted by atomic mass is 9.90. The standard InChI is InChI=1S/C12H24N2O/c1-9(2)13-5-11(6-13)4-10(3)14-7-12(15)8-14/h9-12,15H,4-8H2,1-3H3. The Kier molecular flexibility index (Phi) is 3.33. The number of hydrogen-bond acceptors (Lipinski definition) is 3. The van der Waals surface area contributed by atoms with Crippen LogP contribution in [0.3, 0.4) is 0 Å². The SMILES string of the molecule is CC(C)N1CC(CC(C)N2CC(O)C2)C1. The second-order valence-electron chi connectivity index (χ2n) is 5.61. The zero-order valence-electron chi connectivity index (χ0n) is 10.2. The van der Waals surface area contributed by atoms with Gasteiger partial charge in [-0.15, -0.1) is 0 Å². The van der Waals surface area contributed by atoms with E-state index in [4.69, 9.17) is 0 Å². The van der Waals surface area contributed by atoms with Crippen molar-refractivity contribution < 1.29 is 5.11 Å². The van der Waals surface area contributed by atoms with E-state index in [9.17, 15) is 5.11 Å². The normalized spacial score (nSPS) is 27.8. The molecule has 1 atom stereocenters. The second-order valence-corrected chi connectivity index (χ2v) is 5.61. The molecule has 2 fully saturated rings. The molecule has 0 spiro atoms. The van der Waals surface area contributed by atoms with Gasteiger partial charge in [-0.05, 0) is 33.1 Å². The fourth-order valence-corrected chi connectivity index (χ4v) is 2.66. The van der Waals surface area contributed by atoms with Crippen LogP contribution in [-0.2, 0) is 0 Å². The highest BCUT2D eigenvalue weighted by atomic mass is 16.3. The summed E-state index contributed by atoms with van der Waals surface area (Å²) in [5, 5.41) is 9.24. The van der Waals surface area contributed by atoms with Crippen LogP contribution in [0, 0.1) is 5.92 Å². The van der Waals surface area contributed by atoms with Crippen molar-refractivity contribution >= 4 is 0 Å². The average molecular weight is 212 g/mol. The first-order chi connectivity index (χ1) is 7.06. The Labute approximate surface area is 93.1 Å². The van der Waals surface area contributed by atoms with E-state index < -0.39 is 0 Å². The third-order valence-corrected chi connectivity index (χ3v) is 3.90. The minimum absolute atomic E-state index is 0.0546. The molecule has 15 heavy (non-hydrogen) atoms. The summed E-state index contributed by atoms with van der Waals surface area (Å²) >= 11 is 0. The van der Waals surface area contributed by atoms with E-state index >= 15 is 0 Å². The molecule has 3 heteroatoms. The maximum Gasteiger partial charge on any atom is 0.0794 e. The molecular formula is C12H24N2O. The van der Waals surface area contributed by atoms with Crippen molar-refractivity contribution in [3.8, 4) is 0 Å². The maximum atomic E-state index is 9.24. The summed E-state index contributed by atoms with van der Waals surface area (Å²) in [5.41, 5.74) is 0. The van der Waals surface area contributed by atoms with Gasteiger partial charge in [0.1, 0.15) is 0 Å². The maximum absolute atomic E-state index is 9.24. The van der Waals surface area contributed by atoms with Crippen molar-refractivity contribution in [1.82, 2.24) is 9.80 Å². The van der Waals surface area contributed by atoms with Crippen LogP contribution in [-0.4, -0.2) is 59.3 Å². The Balaban J connectivity index is 1.62. The van der Waals surface area contributed by atoms with Gasteiger partial charge in [-0.1, -0.05) is 0 Å². The van der Waals surface area contributed by atoms with Crippen LogP contribution >= 0.6 is 0 Å². The molecule has 0 aromatic rings. The number of rotatable bonds is 4. The van der Waals surface area contributed by atoms with Gasteiger partial charge in [-0.2, -0.15) is 0 Å². The molecule has 2 saturated heterocycles. The Bertz CT molecular complexity index is 208. The topological polar surface area (TPSA) is 26.7 Å². The van der Waals surface area contributed by atoms with Gasteiger partial charge in [0.2, 0.25) is 0 Å². The number of likely N-dealkylation sites (tertiary alicyclic amines) is 2. The van der Waals surface area contributed by atoms with Crippen molar-refractivity contribution in [3.63, 3.8) is 0 Å². The molecule has 2 aliphatic heterocycles. The van der Waals surface area contributed by atoms with Crippen molar-refractivity contribution in [3.05, 3.63) is 0 Å². The molecule has 2 heterocycles. The van der Waals surface area contributed by atoms with Gasteiger partial charge in [0, 0.05) is 38.3 Å². The molecule has 0 aromatic heterocycles. The van der Waals surface area contributed by atoms with E-state index in [1.165, 1.54) is 19.5 Å². The molecule has 0 aliphatic carbocycles. The minimum Gasteiger partial charge on any atom is -0.390 e. The number of aliphatic hydroxyl groups excluding tert-OH is 1. The molecule has 2 rings (SSSR count). The first-order valence-electron chi connectivity index (χ1n) is 6.22. The number of nitrogens with zero attached hydrogens (tertiary/aromatic N) is 2. The fraction of sp³-hybridized carbons (Fsp3) is 1.00. The summed E-state index contributed by atoms with van der Waals surface area (Å²) in [6, 6.07) is 1.37. The summed E-state index contributed by atoms with van der Waals surface area (Å²) in [7, 11) is 0. The van der Waals surface area contributed by atoms with Gasteiger partial charge in [-0.25, -0.2) is 0 Å². The summed E-state index contributed by atoms with van der Waals surface area (Å²) in [6.45, 7) is 11.2. The van der Waals surface area contributed by atoms with Crippen LogP contribution in [0.25, 0.3) is 0 Å². The van der Waals surface area contributed by atoms with Crippen molar-refractivity contribution in [1.29, 1.82) is 0 Å². The second kappa shape index (κ2) is 4.40. The predicted molar refractivity (Wildman–Crippen MR) is 61.9 cm³/mol. The number of hydrogen-bond donors (Lipinski definition) is 1. The van der Waals surface area contributed by atoms with E-state index in [0.29, 0.717) is 12.1 Å². The van der Waals surface area contributed by atoms with Gasteiger partial charge < -0.3 is 10.0 Å². The van der Waals surface area contributed by atoms with Crippen LogP contribution < -0.4 is 0 Å². The van der Waals surface area contributed by atoms with Crippen molar-refractivity contribution in [2.75, 3.05) is 26.2 Å². The smallest absolute Gasteiger partial charge is 0.0794 e. The summed E-state index contributed by atoms with van der Waals surface area (Å²) in [5.74, 6) is 0.889. The molecule has 0 amide bonds. The highest BCUT2D eigenvalue weighted by molar-refractivity contribution is 4.88. The zero-order chi connectivity index (χ0) is 11.0. The van der Waals surface area contributed by atoms with Gasteiger partial charge >= 0.3 is 0 Å². The Hall–Kier alpha value is -0.120. The molecule has 1 N–H and O–H groups in total. The fourth-order valence-electron chi connectivity index (χ4n) is 2.66. The van der Waals surface area contributed by atoms with Gasteiger partial charge in [0.05, 0.1) is 6.10 Å². The molecule has 3 nitrogen and oxygen atoms in total. The monoisotopic (exact) mass is 212 g/mol. The number of β-amino-alcohol motifs (C(OH)–C–C–N with tert-alkyl or cyclic N) is 1. The third kappa shape index (κ3) is 2.52. The van der Waals surface area contributed by atoms with E-state index in [1.54, 1.807) is 0 Å². The Morgan fingerprint density at radius 2 is 1.67 bits per heavy atom. The van der Waals surface area contributed by atoms with Crippen LogP contribution in [0.5, 0.6) is 0 Å². The molecule has 0 saturated carbocycles. The third-order valence-electron chi connectivity index (χ3n) is 3.90. The molecule has 1 unspecified atom stereocenters. The van der Waals surface area contributed by atoms with Gasteiger partial charge in [0.25, 0.3) is 0 Å². The quantitative estimate of drug-likeness (QED) is 0.746. The van der Waals surface area contributed by atoms with Gasteiger partial charge in [-0.3, -0.25) is 4.90 Å².